The third-order valence-corrected chi connectivity index (χ3v) is 3.30. The first-order valence-corrected chi connectivity index (χ1v) is 7.06. The van der Waals surface area contributed by atoms with Crippen LogP contribution in [-0.4, -0.2) is 69.4 Å². The van der Waals surface area contributed by atoms with E-state index < -0.39 is 0 Å². The van der Waals surface area contributed by atoms with Crippen LogP contribution in [0.4, 0.5) is 0 Å². The van der Waals surface area contributed by atoms with Crippen LogP contribution in [0, 0.1) is 0 Å². The average molecular weight is 258 g/mol. The van der Waals surface area contributed by atoms with Crippen molar-refractivity contribution in [2.45, 2.75) is 12.2 Å². The van der Waals surface area contributed by atoms with Crippen molar-refractivity contribution in [1.82, 2.24) is 0 Å². The van der Waals surface area contributed by atoms with Crippen LogP contribution in [0.15, 0.2) is 0 Å². The van der Waals surface area contributed by atoms with E-state index in [-0.39, 0.29) is 31.7 Å². The molecular formula is C9H22O4S2. The van der Waals surface area contributed by atoms with E-state index in [1.54, 1.807) is 23.5 Å². The Morgan fingerprint density at radius 2 is 1.33 bits per heavy atom. The third-order valence-electron chi connectivity index (χ3n) is 1.22. The van der Waals surface area contributed by atoms with Gasteiger partial charge in [-0.15, -0.1) is 0 Å². The van der Waals surface area contributed by atoms with Gasteiger partial charge in [0.15, 0.2) is 0 Å². The zero-order valence-electron chi connectivity index (χ0n) is 9.13. The summed E-state index contributed by atoms with van der Waals surface area (Å²) in [4.78, 5) is 0. The predicted octanol–water partition coefficient (Wildman–Crippen LogP) is -0.203. The second-order valence-corrected chi connectivity index (χ2v) is 5.42. The molecule has 0 saturated carbocycles. The van der Waals surface area contributed by atoms with E-state index in [0.717, 1.165) is 17.3 Å². The van der Waals surface area contributed by atoms with Crippen molar-refractivity contribution in [3.8, 4) is 0 Å². The molecule has 4 nitrogen and oxygen atoms in total. The van der Waals surface area contributed by atoms with Crippen LogP contribution in [0.1, 0.15) is 6.92 Å². The topological polar surface area (TPSA) is 80.9 Å². The van der Waals surface area contributed by atoms with Crippen LogP contribution >= 0.6 is 23.5 Å². The summed E-state index contributed by atoms with van der Waals surface area (Å²) in [5.41, 5.74) is 0. The van der Waals surface area contributed by atoms with E-state index in [4.69, 9.17) is 20.4 Å². The number of thioether (sulfide) groups is 2. The minimum atomic E-state index is 0.199. The van der Waals surface area contributed by atoms with Gasteiger partial charge in [0.05, 0.1) is 26.4 Å². The average Bonchev–Trinajstić information content (AvgIpc) is 2.27. The molecule has 94 valence electrons. The molecule has 0 heterocycles. The first-order chi connectivity index (χ1) is 7.22. The molecule has 1 unspecified atom stereocenters. The van der Waals surface area contributed by atoms with Crippen LogP contribution in [-0.2, 0) is 0 Å². The Labute approximate surface area is 100 Å². The Morgan fingerprint density at radius 1 is 0.867 bits per heavy atom. The maximum Gasteiger partial charge on any atom is 0.0547 e. The molecule has 0 spiro atoms. The highest BCUT2D eigenvalue weighted by molar-refractivity contribution is 7.99. The summed E-state index contributed by atoms with van der Waals surface area (Å²) in [5.74, 6) is 2.20. The van der Waals surface area contributed by atoms with Crippen molar-refractivity contribution in [3.05, 3.63) is 0 Å². The van der Waals surface area contributed by atoms with E-state index >= 15 is 0 Å². The molecule has 0 aliphatic rings. The number of hydrogen-bond donors (Lipinski definition) is 4. The smallest absolute Gasteiger partial charge is 0.0547 e. The van der Waals surface area contributed by atoms with Crippen LogP contribution in [0.2, 0.25) is 0 Å². The fourth-order valence-corrected chi connectivity index (χ4v) is 1.61. The highest BCUT2D eigenvalue weighted by atomic mass is 32.2. The molecule has 0 aliphatic carbocycles. The van der Waals surface area contributed by atoms with Crippen LogP contribution in [0.5, 0.6) is 0 Å². The minimum absolute atomic E-state index is 0.199. The van der Waals surface area contributed by atoms with Gasteiger partial charge in [-0.3, -0.25) is 0 Å². The molecule has 15 heavy (non-hydrogen) atoms. The molecule has 0 saturated heterocycles. The Bertz CT molecular complexity index is 102. The fraction of sp³-hybridized carbons (Fsp3) is 1.00. The molecule has 0 radical (unpaired) electrons. The van der Waals surface area contributed by atoms with Crippen LogP contribution < -0.4 is 0 Å². The van der Waals surface area contributed by atoms with Gasteiger partial charge in [-0.05, 0) is 0 Å². The first-order valence-electron chi connectivity index (χ1n) is 4.85. The Balaban J connectivity index is 0. The number of aliphatic hydroxyl groups is 4. The first kappa shape index (κ1) is 17.9. The standard InChI is InChI=1S/C5H12O2S.C4H10O2S/c1-5(4-7)8-3-2-6;5-1-3-7-4-2-6/h5-7H,2-4H2,1H3;5-6H,1-4H2. The summed E-state index contributed by atoms with van der Waals surface area (Å²) in [6.45, 7) is 2.76. The summed E-state index contributed by atoms with van der Waals surface area (Å²) in [5, 5.41) is 33.4. The number of rotatable bonds is 8. The van der Waals surface area contributed by atoms with E-state index in [1.165, 1.54) is 0 Å². The zero-order chi connectivity index (χ0) is 11.9. The summed E-state index contributed by atoms with van der Waals surface area (Å²) < 4.78 is 0. The summed E-state index contributed by atoms with van der Waals surface area (Å²) in [6, 6.07) is 0. The molecule has 0 aromatic carbocycles. The maximum absolute atomic E-state index is 8.46. The Morgan fingerprint density at radius 3 is 1.67 bits per heavy atom. The van der Waals surface area contributed by atoms with Gasteiger partial charge in [0.25, 0.3) is 0 Å². The number of aliphatic hydroxyl groups excluding tert-OH is 4. The molecule has 4 N–H and O–H groups in total. The molecule has 0 aromatic rings. The van der Waals surface area contributed by atoms with Gasteiger partial charge in [0.1, 0.15) is 0 Å². The zero-order valence-corrected chi connectivity index (χ0v) is 10.8. The van der Waals surface area contributed by atoms with Gasteiger partial charge < -0.3 is 20.4 Å². The van der Waals surface area contributed by atoms with Gasteiger partial charge in [-0.1, -0.05) is 6.92 Å². The van der Waals surface area contributed by atoms with Crippen molar-refractivity contribution in [2.75, 3.05) is 43.7 Å². The number of hydrogen-bond acceptors (Lipinski definition) is 6. The molecule has 0 bridgehead atoms. The monoisotopic (exact) mass is 258 g/mol. The molecular weight excluding hydrogens is 236 g/mol. The van der Waals surface area contributed by atoms with Gasteiger partial charge in [0.2, 0.25) is 0 Å². The molecule has 0 rings (SSSR count). The lowest BCUT2D eigenvalue weighted by Gasteiger charge is -2.03. The molecule has 0 amide bonds. The molecule has 1 atom stereocenters. The van der Waals surface area contributed by atoms with Crippen molar-refractivity contribution in [1.29, 1.82) is 0 Å². The second kappa shape index (κ2) is 17.0. The molecule has 0 aromatic heterocycles. The maximum atomic E-state index is 8.46. The summed E-state index contributed by atoms with van der Waals surface area (Å²) >= 11 is 3.13. The van der Waals surface area contributed by atoms with Gasteiger partial charge in [0, 0.05) is 22.5 Å². The predicted molar refractivity (Wildman–Crippen MR) is 67.6 cm³/mol. The largest absolute Gasteiger partial charge is 0.396 e. The van der Waals surface area contributed by atoms with Gasteiger partial charge in [-0.25, -0.2) is 0 Å². The lowest BCUT2D eigenvalue weighted by molar-refractivity contribution is 0.298. The normalized spacial score (nSPS) is 11.8. The van der Waals surface area contributed by atoms with E-state index in [1.807, 2.05) is 6.92 Å². The molecule has 0 fully saturated rings. The van der Waals surface area contributed by atoms with E-state index in [9.17, 15) is 0 Å². The van der Waals surface area contributed by atoms with Crippen molar-refractivity contribution in [3.63, 3.8) is 0 Å². The third kappa shape index (κ3) is 20.6. The quantitative estimate of drug-likeness (QED) is 0.451. The fourth-order valence-electron chi connectivity index (χ4n) is 0.538. The highest BCUT2D eigenvalue weighted by Gasteiger charge is 1.96. The van der Waals surface area contributed by atoms with Crippen LogP contribution in [0.3, 0.4) is 0 Å². The molecule has 0 aliphatic heterocycles. The van der Waals surface area contributed by atoms with E-state index in [2.05, 4.69) is 0 Å². The van der Waals surface area contributed by atoms with Crippen molar-refractivity contribution < 1.29 is 20.4 Å². The van der Waals surface area contributed by atoms with Gasteiger partial charge in [-0.2, -0.15) is 23.5 Å². The molecule has 6 heteroatoms. The summed E-state index contributed by atoms with van der Waals surface area (Å²) in [7, 11) is 0. The lowest BCUT2D eigenvalue weighted by atomic mass is 10.5. The SMILES string of the molecule is CC(CO)SCCO.OCCSCCO. The van der Waals surface area contributed by atoms with Crippen molar-refractivity contribution in [2.24, 2.45) is 0 Å². The second-order valence-electron chi connectivity index (χ2n) is 2.65. The van der Waals surface area contributed by atoms with Crippen LogP contribution in [0.25, 0.3) is 0 Å². The lowest BCUT2D eigenvalue weighted by Crippen LogP contribution is -2.04. The Hall–Kier alpha value is 0.540. The van der Waals surface area contributed by atoms with Gasteiger partial charge >= 0.3 is 0 Å². The minimum Gasteiger partial charge on any atom is -0.396 e. The summed E-state index contributed by atoms with van der Waals surface area (Å²) in [6.07, 6.45) is 0. The van der Waals surface area contributed by atoms with E-state index in [0.29, 0.717) is 0 Å². The van der Waals surface area contributed by atoms with Crippen molar-refractivity contribution >= 4 is 23.5 Å². The Kier molecular flexibility index (Phi) is 20.3. The highest BCUT2D eigenvalue weighted by Crippen LogP contribution is 2.06.